The summed E-state index contributed by atoms with van der Waals surface area (Å²) in [6.07, 6.45) is -1.43. The van der Waals surface area contributed by atoms with Crippen molar-refractivity contribution < 1.29 is 42.0 Å². The van der Waals surface area contributed by atoms with E-state index in [9.17, 15) is 23.1 Å². The lowest BCUT2D eigenvalue weighted by Gasteiger charge is -2.12. The zero-order chi connectivity index (χ0) is 28.2. The van der Waals surface area contributed by atoms with Crippen molar-refractivity contribution in [1.82, 2.24) is 19.7 Å². The number of nitrogens with zero attached hydrogens (tertiary/aromatic N) is 4. The number of halogens is 3. The van der Waals surface area contributed by atoms with Crippen LogP contribution in [0.3, 0.4) is 0 Å². The first-order chi connectivity index (χ1) is 18.6. The Labute approximate surface area is 233 Å². The van der Waals surface area contributed by atoms with Gasteiger partial charge in [0.1, 0.15) is 17.3 Å². The minimum Gasteiger partial charge on any atom is -0.493 e. The Morgan fingerprint density at radius 1 is 1.07 bits per heavy atom. The molecule has 1 amide bonds. The van der Waals surface area contributed by atoms with Crippen LogP contribution in [0.15, 0.2) is 48.9 Å². The number of hydrogen-bond donors (Lipinski definition) is 2. The van der Waals surface area contributed by atoms with Gasteiger partial charge in [-0.15, -0.1) is 0 Å². The molecule has 0 radical (unpaired) electrons. The lowest BCUT2D eigenvalue weighted by Crippen LogP contribution is -2.21. The summed E-state index contributed by atoms with van der Waals surface area (Å²) in [7, 11) is 3.04. The predicted octanol–water partition coefficient (Wildman–Crippen LogP) is 4.32. The molecule has 0 unspecified atom stereocenters. The van der Waals surface area contributed by atoms with E-state index in [1.165, 1.54) is 33.4 Å². The fraction of sp³-hybridized carbons (Fsp3) is 0.280. The van der Waals surface area contributed by atoms with E-state index in [1.54, 1.807) is 30.5 Å². The van der Waals surface area contributed by atoms with Crippen LogP contribution in [0, 0.1) is 0 Å². The maximum atomic E-state index is 12.8. The van der Waals surface area contributed by atoms with Gasteiger partial charge in [-0.05, 0) is 31.2 Å². The average Bonchev–Trinajstić information content (AvgIpc) is 3.29. The fourth-order valence-corrected chi connectivity index (χ4v) is 3.54. The van der Waals surface area contributed by atoms with E-state index >= 15 is 0 Å². The van der Waals surface area contributed by atoms with E-state index in [0.717, 1.165) is 10.9 Å². The van der Waals surface area contributed by atoms with Crippen molar-refractivity contribution in [3.8, 4) is 28.7 Å². The number of anilines is 1. The first kappa shape index (κ1) is 30.3. The van der Waals surface area contributed by atoms with Crippen LogP contribution >= 0.6 is 13.5 Å². The Balaban J connectivity index is 0.00000441. The van der Waals surface area contributed by atoms with Gasteiger partial charge in [0.2, 0.25) is 0 Å². The van der Waals surface area contributed by atoms with E-state index in [0.29, 0.717) is 33.9 Å². The van der Waals surface area contributed by atoms with Crippen LogP contribution in [-0.2, 0) is 6.54 Å². The Kier molecular flexibility index (Phi) is 9.65. The number of fused-ring (bicyclic) bond motifs is 1. The summed E-state index contributed by atoms with van der Waals surface area (Å²) in [5.74, 6) is 0.666. The number of aromatic nitrogens is 4. The Bertz CT molecular complexity index is 1460. The highest BCUT2D eigenvalue weighted by molar-refractivity contribution is 7.59. The molecule has 1 atom stereocenters. The van der Waals surface area contributed by atoms with Crippen LogP contribution in [0.2, 0.25) is 0 Å². The molecule has 3 heterocycles. The Morgan fingerprint density at radius 3 is 2.42 bits per heavy atom. The van der Waals surface area contributed by atoms with Gasteiger partial charge in [-0.2, -0.15) is 31.8 Å². The number of nitrogens with one attached hydrogen (secondary N) is 1. The van der Waals surface area contributed by atoms with Crippen molar-refractivity contribution in [2.45, 2.75) is 25.7 Å². The van der Waals surface area contributed by atoms with Crippen LogP contribution in [0.4, 0.5) is 19.0 Å². The van der Waals surface area contributed by atoms with Gasteiger partial charge in [0.15, 0.2) is 29.5 Å². The van der Waals surface area contributed by atoms with Crippen LogP contribution < -0.4 is 24.3 Å². The summed E-state index contributed by atoms with van der Waals surface area (Å²) in [4.78, 5) is 21.2. The van der Waals surface area contributed by atoms with Crippen molar-refractivity contribution >= 4 is 36.1 Å². The number of amides is 1. The van der Waals surface area contributed by atoms with Gasteiger partial charge < -0.3 is 29.4 Å². The minimum atomic E-state index is -4.62. The molecule has 0 fully saturated rings. The second-order valence-electron chi connectivity index (χ2n) is 8.29. The summed E-state index contributed by atoms with van der Waals surface area (Å²) in [5, 5.41) is 16.6. The third-order valence-electron chi connectivity index (χ3n) is 5.20. The summed E-state index contributed by atoms with van der Waals surface area (Å²) >= 11 is 0. The van der Waals surface area contributed by atoms with Gasteiger partial charge in [-0.3, -0.25) is 14.5 Å². The number of benzene rings is 1. The first-order valence-corrected chi connectivity index (χ1v) is 11.5. The van der Waals surface area contributed by atoms with Crippen molar-refractivity contribution in [2.24, 2.45) is 0 Å². The zero-order valence-corrected chi connectivity index (χ0v) is 22.5. The first-order valence-electron chi connectivity index (χ1n) is 11.5. The van der Waals surface area contributed by atoms with E-state index in [2.05, 4.69) is 20.4 Å². The number of carbonyl (C=O) groups excluding carboxylic acids is 1. The third-order valence-corrected chi connectivity index (χ3v) is 5.20. The normalized spacial score (nSPS) is 11.9. The Hall–Kier alpha value is -4.24. The van der Waals surface area contributed by atoms with Crippen molar-refractivity contribution in [3.05, 3.63) is 54.6 Å². The van der Waals surface area contributed by atoms with Gasteiger partial charge in [0.05, 0.1) is 44.8 Å². The van der Waals surface area contributed by atoms with E-state index in [1.807, 2.05) is 0 Å². The molecule has 4 aromatic rings. The van der Waals surface area contributed by atoms with Crippen molar-refractivity contribution in [2.75, 3.05) is 26.1 Å². The molecule has 2 N–H and O–H groups in total. The standard InChI is InChI=1S/C25H24F3N5O6.H2S/c1-14(34)11-33-12-21(38-13-25(26,27)28)23(32-33)24(35)31-22-5-4-15(10-30-22)39-18-6-7-29-17-9-20(37-3)19(36-2)8-16(17)18;/h4-10,12,14,34H,11,13H2,1-3H3,(H,30,31,35);1H2/t14-;/m0./s1. The van der Waals surface area contributed by atoms with Gasteiger partial charge in [-0.25, -0.2) is 4.98 Å². The topological polar surface area (TPSA) is 130 Å². The maximum absolute atomic E-state index is 12.8. The van der Waals surface area contributed by atoms with Crippen LogP contribution in [0.25, 0.3) is 10.9 Å². The summed E-state index contributed by atoms with van der Waals surface area (Å²) in [6, 6.07) is 8.10. The van der Waals surface area contributed by atoms with Crippen molar-refractivity contribution in [1.29, 1.82) is 0 Å². The lowest BCUT2D eigenvalue weighted by molar-refractivity contribution is -0.153. The SMILES string of the molecule is COc1cc2nccc(Oc3ccc(NC(=O)c4nn(C[C@H](C)O)cc4OCC(F)(F)F)nc3)c2cc1OC.S. The van der Waals surface area contributed by atoms with E-state index in [-0.39, 0.29) is 31.6 Å². The molecule has 0 saturated heterocycles. The molecule has 3 aromatic heterocycles. The molecule has 40 heavy (non-hydrogen) atoms. The summed E-state index contributed by atoms with van der Waals surface area (Å²) in [5.41, 5.74) is 0.218. The molecule has 4 rings (SSSR count). The van der Waals surface area contributed by atoms with Crippen molar-refractivity contribution in [3.63, 3.8) is 0 Å². The molecule has 0 aliphatic heterocycles. The second kappa shape index (κ2) is 12.7. The second-order valence-corrected chi connectivity index (χ2v) is 8.29. The van der Waals surface area contributed by atoms with Crippen LogP contribution in [0.1, 0.15) is 17.4 Å². The largest absolute Gasteiger partial charge is 0.493 e. The van der Waals surface area contributed by atoms with E-state index in [4.69, 9.17) is 18.9 Å². The van der Waals surface area contributed by atoms with Gasteiger partial charge in [0.25, 0.3) is 5.91 Å². The molecule has 1 aromatic carbocycles. The summed E-state index contributed by atoms with van der Waals surface area (Å²) < 4.78 is 60.5. The molecule has 0 saturated carbocycles. The highest BCUT2D eigenvalue weighted by Gasteiger charge is 2.30. The van der Waals surface area contributed by atoms with Gasteiger partial charge >= 0.3 is 6.18 Å². The monoisotopic (exact) mass is 581 g/mol. The summed E-state index contributed by atoms with van der Waals surface area (Å²) in [6.45, 7) is -0.199. The quantitative estimate of drug-likeness (QED) is 0.281. The lowest BCUT2D eigenvalue weighted by atomic mass is 10.2. The van der Waals surface area contributed by atoms with Gasteiger partial charge in [0, 0.05) is 17.6 Å². The molecular weight excluding hydrogens is 555 g/mol. The number of ether oxygens (including phenoxy) is 4. The molecule has 15 heteroatoms. The predicted molar refractivity (Wildman–Crippen MR) is 143 cm³/mol. The Morgan fingerprint density at radius 2 is 1.80 bits per heavy atom. The number of carbonyl (C=O) groups is 1. The van der Waals surface area contributed by atoms with Crippen LogP contribution in [-0.4, -0.2) is 63.9 Å². The number of alkyl halides is 3. The van der Waals surface area contributed by atoms with E-state index < -0.39 is 30.5 Å². The molecule has 214 valence electrons. The highest BCUT2D eigenvalue weighted by Crippen LogP contribution is 2.36. The minimum absolute atomic E-state index is 0. The smallest absolute Gasteiger partial charge is 0.422 e. The van der Waals surface area contributed by atoms with Crippen LogP contribution in [0.5, 0.6) is 28.7 Å². The highest BCUT2D eigenvalue weighted by atomic mass is 32.1. The number of rotatable bonds is 10. The number of aliphatic hydroxyl groups is 1. The molecule has 0 spiro atoms. The fourth-order valence-electron chi connectivity index (χ4n) is 3.54. The number of hydrogen-bond acceptors (Lipinski definition) is 9. The molecule has 0 bridgehead atoms. The average molecular weight is 582 g/mol. The maximum Gasteiger partial charge on any atom is 0.422 e. The molecule has 11 nitrogen and oxygen atoms in total. The molecular formula is C25H26F3N5O6S. The third kappa shape index (κ3) is 7.45. The number of aliphatic hydroxyl groups excluding tert-OH is 1. The molecule has 0 aliphatic rings. The van der Waals surface area contributed by atoms with Gasteiger partial charge in [-0.1, -0.05) is 0 Å². The zero-order valence-electron chi connectivity index (χ0n) is 21.5. The molecule has 0 aliphatic carbocycles. The number of methoxy groups -OCH3 is 2. The number of pyridine rings is 2.